The van der Waals surface area contributed by atoms with E-state index in [9.17, 15) is 20.1 Å². The number of aliphatic hydroxyl groups is 3. The molecule has 0 amide bonds. The molecule has 0 aliphatic heterocycles. The number of aliphatic hydroxyl groups excluding tert-OH is 3. The van der Waals surface area contributed by atoms with Crippen LogP contribution < -0.4 is 0 Å². The summed E-state index contributed by atoms with van der Waals surface area (Å²) in [5.41, 5.74) is 0. The average Bonchev–Trinajstić information content (AvgIpc) is 2.90. The molecule has 0 aromatic carbocycles. The van der Waals surface area contributed by atoms with Crippen LogP contribution in [0.25, 0.3) is 0 Å². The van der Waals surface area contributed by atoms with Crippen LogP contribution in [0, 0.1) is 11.8 Å². The zero-order chi connectivity index (χ0) is 20.1. The predicted octanol–water partition coefficient (Wildman–Crippen LogP) is 3.38. The summed E-state index contributed by atoms with van der Waals surface area (Å²) < 4.78 is 0. The Morgan fingerprint density at radius 1 is 1.04 bits per heavy atom. The molecular weight excluding hydrogens is 344 g/mol. The normalized spacial score (nSPS) is 27.6. The number of hydrogen-bond donors (Lipinski definition) is 4. The van der Waals surface area contributed by atoms with Crippen molar-refractivity contribution in [2.45, 2.75) is 70.2 Å². The standard InChI is InChI=1S/C22H34O5/c1-2-18-19(21(25)16-20(18)24)15-14-17(23)12-10-8-6-4-3-5-7-9-11-13-22(26)27/h3-4,7-10,14-15,17-21,23-25H,2,5-6,11-13,16H2,1H3,(H,26,27)/b4-3-,9-7-,10-8-,15-14+/t17-,18-,19+,20-,21+/m1/s1. The Morgan fingerprint density at radius 2 is 1.67 bits per heavy atom. The Balaban J connectivity index is 2.21. The fraction of sp³-hybridized carbons (Fsp3) is 0.591. The highest BCUT2D eigenvalue weighted by Crippen LogP contribution is 2.35. The molecule has 0 saturated heterocycles. The van der Waals surface area contributed by atoms with Crippen molar-refractivity contribution in [3.05, 3.63) is 48.6 Å². The van der Waals surface area contributed by atoms with Crippen LogP contribution in [0.3, 0.4) is 0 Å². The summed E-state index contributed by atoms with van der Waals surface area (Å²) in [6.07, 6.45) is 17.8. The second kappa shape index (κ2) is 13.5. The van der Waals surface area contributed by atoms with Gasteiger partial charge in [-0.25, -0.2) is 0 Å². The van der Waals surface area contributed by atoms with Crippen molar-refractivity contribution in [2.75, 3.05) is 0 Å². The molecule has 0 aromatic heterocycles. The summed E-state index contributed by atoms with van der Waals surface area (Å²) >= 11 is 0. The van der Waals surface area contributed by atoms with Crippen molar-refractivity contribution >= 4 is 5.97 Å². The molecule has 0 bridgehead atoms. The van der Waals surface area contributed by atoms with Crippen LogP contribution in [0.2, 0.25) is 0 Å². The SMILES string of the molecule is CC[C@@H]1[C@H](/C=C/[C@H](O)C/C=C\C/C=C\C/C=C\CCC(=O)O)[C@@H](O)C[C@H]1O. The summed E-state index contributed by atoms with van der Waals surface area (Å²) in [6, 6.07) is 0. The van der Waals surface area contributed by atoms with E-state index in [-0.39, 0.29) is 18.3 Å². The Bertz CT molecular complexity index is 535. The largest absolute Gasteiger partial charge is 0.481 e. The van der Waals surface area contributed by atoms with E-state index < -0.39 is 24.3 Å². The van der Waals surface area contributed by atoms with Gasteiger partial charge in [0, 0.05) is 18.8 Å². The molecule has 0 radical (unpaired) electrons. The number of carbonyl (C=O) groups is 1. The quantitative estimate of drug-likeness (QED) is 0.390. The van der Waals surface area contributed by atoms with Gasteiger partial charge in [-0.05, 0) is 31.6 Å². The molecule has 1 fully saturated rings. The van der Waals surface area contributed by atoms with E-state index in [1.54, 1.807) is 6.08 Å². The summed E-state index contributed by atoms with van der Waals surface area (Å²) in [4.78, 5) is 10.3. The molecule has 5 heteroatoms. The minimum atomic E-state index is -0.778. The van der Waals surface area contributed by atoms with Crippen molar-refractivity contribution in [2.24, 2.45) is 11.8 Å². The summed E-state index contributed by atoms with van der Waals surface area (Å²) in [7, 11) is 0. The number of carboxylic acids is 1. The van der Waals surface area contributed by atoms with Crippen LogP contribution in [0.4, 0.5) is 0 Å². The van der Waals surface area contributed by atoms with Gasteiger partial charge in [-0.2, -0.15) is 0 Å². The average molecular weight is 379 g/mol. The van der Waals surface area contributed by atoms with Crippen molar-refractivity contribution in [3.8, 4) is 0 Å². The van der Waals surface area contributed by atoms with Crippen molar-refractivity contribution in [3.63, 3.8) is 0 Å². The molecule has 1 rings (SSSR count). The molecule has 0 spiro atoms. The third-order valence-corrected chi connectivity index (χ3v) is 4.89. The zero-order valence-electron chi connectivity index (χ0n) is 16.2. The van der Waals surface area contributed by atoms with Gasteiger partial charge in [0.15, 0.2) is 0 Å². The minimum Gasteiger partial charge on any atom is -0.481 e. The molecule has 27 heavy (non-hydrogen) atoms. The zero-order valence-corrected chi connectivity index (χ0v) is 16.2. The molecule has 0 heterocycles. The van der Waals surface area contributed by atoms with Crippen molar-refractivity contribution in [1.82, 2.24) is 0 Å². The molecule has 1 aliphatic rings. The molecule has 4 N–H and O–H groups in total. The number of hydrogen-bond acceptors (Lipinski definition) is 4. The minimum absolute atomic E-state index is 0.0577. The summed E-state index contributed by atoms with van der Waals surface area (Å²) in [5, 5.41) is 38.5. The lowest BCUT2D eigenvalue weighted by molar-refractivity contribution is -0.136. The Kier molecular flexibility index (Phi) is 11.7. The van der Waals surface area contributed by atoms with Gasteiger partial charge < -0.3 is 20.4 Å². The molecule has 0 unspecified atom stereocenters. The van der Waals surface area contributed by atoms with Crippen molar-refractivity contribution in [1.29, 1.82) is 0 Å². The second-order valence-corrected chi connectivity index (χ2v) is 7.03. The van der Waals surface area contributed by atoms with Gasteiger partial charge in [0.1, 0.15) is 0 Å². The van der Waals surface area contributed by atoms with E-state index in [4.69, 9.17) is 5.11 Å². The molecule has 5 atom stereocenters. The molecule has 1 saturated carbocycles. The Hall–Kier alpha value is -1.69. The van der Waals surface area contributed by atoms with E-state index in [1.807, 2.05) is 49.5 Å². The van der Waals surface area contributed by atoms with Crippen LogP contribution in [-0.2, 0) is 4.79 Å². The van der Waals surface area contributed by atoms with Crippen LogP contribution >= 0.6 is 0 Å². The number of rotatable bonds is 12. The van der Waals surface area contributed by atoms with Gasteiger partial charge >= 0.3 is 5.97 Å². The van der Waals surface area contributed by atoms with E-state index >= 15 is 0 Å². The van der Waals surface area contributed by atoms with Crippen LogP contribution in [0.15, 0.2) is 48.6 Å². The van der Waals surface area contributed by atoms with Crippen LogP contribution in [0.1, 0.15) is 51.9 Å². The lowest BCUT2D eigenvalue weighted by atomic mass is 9.90. The first kappa shape index (κ1) is 23.3. The third-order valence-electron chi connectivity index (χ3n) is 4.89. The fourth-order valence-corrected chi connectivity index (χ4v) is 3.37. The number of aliphatic carboxylic acids is 1. The van der Waals surface area contributed by atoms with Crippen LogP contribution in [0.5, 0.6) is 0 Å². The van der Waals surface area contributed by atoms with Gasteiger partial charge in [-0.3, -0.25) is 4.79 Å². The molecule has 0 aromatic rings. The van der Waals surface area contributed by atoms with Gasteiger partial charge in [-0.15, -0.1) is 0 Å². The van der Waals surface area contributed by atoms with E-state index in [0.717, 1.165) is 19.3 Å². The molecular formula is C22H34O5. The third kappa shape index (κ3) is 9.70. The highest BCUT2D eigenvalue weighted by atomic mass is 16.4. The Morgan fingerprint density at radius 3 is 2.30 bits per heavy atom. The van der Waals surface area contributed by atoms with E-state index in [2.05, 4.69) is 0 Å². The first-order chi connectivity index (χ1) is 13.0. The van der Waals surface area contributed by atoms with Crippen molar-refractivity contribution < 1.29 is 25.2 Å². The molecule has 1 aliphatic carbocycles. The van der Waals surface area contributed by atoms with E-state index in [0.29, 0.717) is 19.3 Å². The van der Waals surface area contributed by atoms with Gasteiger partial charge in [0.05, 0.1) is 18.3 Å². The highest BCUT2D eigenvalue weighted by molar-refractivity contribution is 5.66. The maximum Gasteiger partial charge on any atom is 0.303 e. The first-order valence-corrected chi connectivity index (χ1v) is 9.85. The van der Waals surface area contributed by atoms with Crippen LogP contribution in [-0.4, -0.2) is 44.7 Å². The van der Waals surface area contributed by atoms with E-state index in [1.165, 1.54) is 0 Å². The fourth-order valence-electron chi connectivity index (χ4n) is 3.37. The lowest BCUT2D eigenvalue weighted by Gasteiger charge is -2.19. The predicted molar refractivity (Wildman–Crippen MR) is 107 cm³/mol. The maximum absolute atomic E-state index is 10.3. The van der Waals surface area contributed by atoms with Gasteiger partial charge in [0.2, 0.25) is 0 Å². The number of allylic oxidation sites excluding steroid dienone is 5. The maximum atomic E-state index is 10.3. The van der Waals surface area contributed by atoms with Gasteiger partial charge in [-0.1, -0.05) is 62.0 Å². The summed E-state index contributed by atoms with van der Waals surface area (Å²) in [5.74, 6) is -0.808. The van der Waals surface area contributed by atoms with Gasteiger partial charge in [0.25, 0.3) is 0 Å². The highest BCUT2D eigenvalue weighted by Gasteiger charge is 2.38. The summed E-state index contributed by atoms with van der Waals surface area (Å²) in [6.45, 7) is 2.01. The Labute approximate surface area is 162 Å². The smallest absolute Gasteiger partial charge is 0.303 e. The topological polar surface area (TPSA) is 98.0 Å². The first-order valence-electron chi connectivity index (χ1n) is 9.85. The monoisotopic (exact) mass is 378 g/mol. The molecule has 5 nitrogen and oxygen atoms in total. The lowest BCUT2D eigenvalue weighted by Crippen LogP contribution is -2.20. The molecule has 152 valence electrons. The second-order valence-electron chi connectivity index (χ2n) is 7.03. The number of carboxylic acid groups (broad SMARTS) is 1.